The van der Waals surface area contributed by atoms with Crippen LogP contribution < -0.4 is 10.6 Å². The molecule has 24 heavy (non-hydrogen) atoms. The molecule has 1 heterocycles. The second kappa shape index (κ2) is 7.33. The second-order valence-corrected chi connectivity index (χ2v) is 5.70. The number of nitrogens with zero attached hydrogens (tertiary/aromatic N) is 2. The summed E-state index contributed by atoms with van der Waals surface area (Å²) in [5, 5.41) is 5.27. The van der Waals surface area contributed by atoms with Crippen molar-refractivity contribution in [1.29, 1.82) is 0 Å². The Morgan fingerprint density at radius 1 is 1.21 bits per heavy atom. The van der Waals surface area contributed by atoms with Crippen LogP contribution in [0.3, 0.4) is 0 Å². The molecule has 0 radical (unpaired) electrons. The molecule has 2 N–H and O–H groups in total. The van der Waals surface area contributed by atoms with Crippen LogP contribution in [0.2, 0.25) is 0 Å². The van der Waals surface area contributed by atoms with Crippen LogP contribution in [0.25, 0.3) is 11.0 Å². The van der Waals surface area contributed by atoms with E-state index in [2.05, 4.69) is 20.6 Å². The average Bonchev–Trinajstić information content (AvgIpc) is 2.53. The Morgan fingerprint density at radius 3 is 2.54 bits per heavy atom. The van der Waals surface area contributed by atoms with Gasteiger partial charge in [-0.2, -0.15) is 0 Å². The van der Waals surface area contributed by atoms with Crippen LogP contribution in [0.1, 0.15) is 42.0 Å². The van der Waals surface area contributed by atoms with E-state index in [1.54, 1.807) is 20.8 Å². The van der Waals surface area contributed by atoms with E-state index >= 15 is 0 Å². The van der Waals surface area contributed by atoms with Crippen molar-refractivity contribution in [3.63, 3.8) is 0 Å². The number of carbonyl (C=O) groups excluding carboxylic acids is 2. The van der Waals surface area contributed by atoms with Crippen LogP contribution in [0, 0.1) is 19.7 Å². The number of hydrogen-bond donors (Lipinski definition) is 2. The highest BCUT2D eigenvalue weighted by Crippen LogP contribution is 2.19. The molecule has 7 heteroatoms. The van der Waals surface area contributed by atoms with Crippen LogP contribution in [0.5, 0.6) is 0 Å². The van der Waals surface area contributed by atoms with E-state index in [4.69, 9.17) is 0 Å². The maximum Gasteiger partial charge on any atom is 0.254 e. The Balaban J connectivity index is 2.32. The van der Waals surface area contributed by atoms with Gasteiger partial charge in [0.25, 0.3) is 5.91 Å². The standard InChI is InChI=1S/C17H21FN4O2/c1-5-6-19-16(23)11(4)22-17(24)13-7-12(18)8-14-15(13)21-10(3)9(2)20-14/h7-8,11H,5-6H2,1-4H3,(H,19,23)(H,22,24). The Morgan fingerprint density at radius 2 is 1.88 bits per heavy atom. The van der Waals surface area contributed by atoms with Gasteiger partial charge in [0, 0.05) is 12.6 Å². The van der Waals surface area contributed by atoms with E-state index in [-0.39, 0.29) is 11.5 Å². The van der Waals surface area contributed by atoms with Gasteiger partial charge in [-0.05, 0) is 33.3 Å². The Kier molecular flexibility index (Phi) is 5.43. The summed E-state index contributed by atoms with van der Waals surface area (Å²) in [4.78, 5) is 33.0. The minimum atomic E-state index is -0.734. The quantitative estimate of drug-likeness (QED) is 0.877. The summed E-state index contributed by atoms with van der Waals surface area (Å²) in [6, 6.07) is 1.61. The molecule has 0 bridgehead atoms. The fraction of sp³-hybridized carbons (Fsp3) is 0.412. The molecular weight excluding hydrogens is 311 g/mol. The number of benzene rings is 1. The van der Waals surface area contributed by atoms with Gasteiger partial charge in [-0.1, -0.05) is 6.92 Å². The zero-order valence-electron chi connectivity index (χ0n) is 14.2. The molecule has 1 atom stereocenters. The van der Waals surface area contributed by atoms with Crippen LogP contribution in [0.15, 0.2) is 12.1 Å². The predicted octanol–water partition coefficient (Wildman–Crippen LogP) is 2.03. The van der Waals surface area contributed by atoms with Crippen LogP contribution in [0.4, 0.5) is 4.39 Å². The average molecular weight is 332 g/mol. The molecule has 2 rings (SSSR count). The molecule has 1 aromatic carbocycles. The van der Waals surface area contributed by atoms with Crippen LogP contribution in [-0.4, -0.2) is 34.4 Å². The van der Waals surface area contributed by atoms with Gasteiger partial charge in [-0.15, -0.1) is 0 Å². The molecule has 2 amide bonds. The fourth-order valence-electron chi connectivity index (χ4n) is 2.21. The lowest BCUT2D eigenvalue weighted by Crippen LogP contribution is -2.45. The number of aromatic nitrogens is 2. The van der Waals surface area contributed by atoms with Crippen molar-refractivity contribution < 1.29 is 14.0 Å². The number of fused-ring (bicyclic) bond motifs is 1. The first-order valence-corrected chi connectivity index (χ1v) is 7.86. The maximum atomic E-state index is 13.8. The molecule has 1 aromatic heterocycles. The zero-order valence-corrected chi connectivity index (χ0v) is 14.2. The Hall–Kier alpha value is -2.57. The summed E-state index contributed by atoms with van der Waals surface area (Å²) in [6.45, 7) is 7.59. The number of amides is 2. The first kappa shape index (κ1) is 17.8. The van der Waals surface area contributed by atoms with E-state index in [9.17, 15) is 14.0 Å². The number of rotatable bonds is 5. The third-order valence-corrected chi connectivity index (χ3v) is 3.68. The minimum absolute atomic E-state index is 0.0655. The lowest BCUT2D eigenvalue weighted by atomic mass is 10.1. The van der Waals surface area contributed by atoms with E-state index in [1.807, 2.05) is 6.92 Å². The van der Waals surface area contributed by atoms with Gasteiger partial charge in [-0.3, -0.25) is 9.59 Å². The number of nitrogens with one attached hydrogen (secondary N) is 2. The SMILES string of the molecule is CCCNC(=O)C(C)NC(=O)c1cc(F)cc2nc(C)c(C)nc12. The molecular formula is C17H21FN4O2. The van der Waals surface area contributed by atoms with Gasteiger partial charge in [0.1, 0.15) is 17.4 Å². The van der Waals surface area contributed by atoms with Gasteiger partial charge in [-0.25, -0.2) is 14.4 Å². The smallest absolute Gasteiger partial charge is 0.254 e. The minimum Gasteiger partial charge on any atom is -0.354 e. The summed E-state index contributed by atoms with van der Waals surface area (Å²) in [5.41, 5.74) is 2.03. The van der Waals surface area contributed by atoms with E-state index < -0.39 is 17.8 Å². The molecule has 0 spiro atoms. The summed E-state index contributed by atoms with van der Waals surface area (Å²) in [5.74, 6) is -1.42. The van der Waals surface area contributed by atoms with Crippen molar-refractivity contribution in [2.75, 3.05) is 6.54 Å². The number of hydrogen-bond acceptors (Lipinski definition) is 4. The maximum absolute atomic E-state index is 13.8. The molecule has 0 aliphatic rings. The van der Waals surface area contributed by atoms with Crippen LogP contribution in [-0.2, 0) is 4.79 Å². The summed E-state index contributed by atoms with van der Waals surface area (Å²) in [7, 11) is 0. The highest BCUT2D eigenvalue weighted by Gasteiger charge is 2.20. The first-order valence-electron chi connectivity index (χ1n) is 7.86. The Bertz CT molecular complexity index is 792. The first-order chi connectivity index (χ1) is 11.3. The molecule has 6 nitrogen and oxygen atoms in total. The molecule has 128 valence electrons. The van der Waals surface area contributed by atoms with Crippen molar-refractivity contribution in [3.05, 3.63) is 34.9 Å². The monoisotopic (exact) mass is 332 g/mol. The lowest BCUT2D eigenvalue weighted by molar-refractivity contribution is -0.122. The van der Waals surface area contributed by atoms with Crippen molar-refractivity contribution in [1.82, 2.24) is 20.6 Å². The van der Waals surface area contributed by atoms with Gasteiger partial charge in [0.15, 0.2) is 0 Å². The van der Waals surface area contributed by atoms with Gasteiger partial charge in [0.2, 0.25) is 5.91 Å². The van der Waals surface area contributed by atoms with Crippen molar-refractivity contribution in [2.24, 2.45) is 0 Å². The third-order valence-electron chi connectivity index (χ3n) is 3.68. The molecule has 0 aliphatic heterocycles. The largest absolute Gasteiger partial charge is 0.354 e. The second-order valence-electron chi connectivity index (χ2n) is 5.70. The molecule has 2 aromatic rings. The molecule has 0 fully saturated rings. The van der Waals surface area contributed by atoms with Crippen molar-refractivity contribution in [2.45, 2.75) is 40.2 Å². The summed E-state index contributed by atoms with van der Waals surface area (Å²) < 4.78 is 13.8. The topological polar surface area (TPSA) is 84.0 Å². The fourth-order valence-corrected chi connectivity index (χ4v) is 2.21. The summed E-state index contributed by atoms with van der Waals surface area (Å²) in [6.07, 6.45) is 0.801. The number of halogens is 1. The van der Waals surface area contributed by atoms with Crippen molar-refractivity contribution in [3.8, 4) is 0 Å². The molecule has 0 saturated heterocycles. The van der Waals surface area contributed by atoms with Gasteiger partial charge < -0.3 is 10.6 Å². The lowest BCUT2D eigenvalue weighted by Gasteiger charge is -2.15. The highest BCUT2D eigenvalue weighted by atomic mass is 19.1. The predicted molar refractivity (Wildman–Crippen MR) is 89.2 cm³/mol. The number of carbonyl (C=O) groups is 2. The number of aryl methyl sites for hydroxylation is 2. The highest BCUT2D eigenvalue weighted by molar-refractivity contribution is 6.06. The van der Waals surface area contributed by atoms with E-state index in [0.717, 1.165) is 12.5 Å². The van der Waals surface area contributed by atoms with Gasteiger partial charge in [0.05, 0.1) is 22.5 Å². The van der Waals surface area contributed by atoms with Crippen LogP contribution >= 0.6 is 0 Å². The molecule has 0 aliphatic carbocycles. The Labute approximate surface area is 139 Å². The third kappa shape index (κ3) is 3.84. The van der Waals surface area contributed by atoms with E-state index in [1.165, 1.54) is 6.07 Å². The van der Waals surface area contributed by atoms with E-state index in [0.29, 0.717) is 29.0 Å². The molecule has 0 saturated carbocycles. The summed E-state index contributed by atoms with van der Waals surface area (Å²) >= 11 is 0. The van der Waals surface area contributed by atoms with Gasteiger partial charge >= 0.3 is 0 Å². The van der Waals surface area contributed by atoms with Crippen molar-refractivity contribution >= 4 is 22.8 Å². The molecule has 1 unspecified atom stereocenters. The normalized spacial score (nSPS) is 12.0. The zero-order chi connectivity index (χ0) is 17.9.